The van der Waals surface area contributed by atoms with Gasteiger partial charge in [-0.05, 0) is 20.8 Å². The topological polar surface area (TPSA) is 124 Å². The zero-order chi connectivity index (χ0) is 13.8. The first kappa shape index (κ1) is 13.0. The predicted octanol–water partition coefficient (Wildman–Crippen LogP) is 0.768. The van der Waals surface area contributed by atoms with Gasteiger partial charge in [-0.25, -0.2) is 5.84 Å². The highest BCUT2D eigenvalue weighted by atomic mass is 16.5. The first-order valence-electron chi connectivity index (χ1n) is 5.66. The maximum atomic E-state index is 5.38. The van der Waals surface area contributed by atoms with E-state index in [1.807, 2.05) is 20.8 Å². The average molecular weight is 265 g/mol. The lowest BCUT2D eigenvalue weighted by Crippen LogP contribution is -2.15. The summed E-state index contributed by atoms with van der Waals surface area (Å²) in [6.45, 7) is 5.57. The molecule has 0 aliphatic rings. The van der Waals surface area contributed by atoms with Crippen molar-refractivity contribution in [3.63, 3.8) is 0 Å². The van der Waals surface area contributed by atoms with Gasteiger partial charge in [0.05, 0.1) is 6.10 Å². The fraction of sp³-hybridized carbons (Fsp3) is 0.400. The molecule has 0 aliphatic heterocycles. The van der Waals surface area contributed by atoms with Crippen LogP contribution in [0.1, 0.15) is 19.5 Å². The quantitative estimate of drug-likeness (QED) is 0.535. The minimum absolute atomic E-state index is 0.0464. The Balaban J connectivity index is 2.23. The summed E-state index contributed by atoms with van der Waals surface area (Å²) in [4.78, 5) is 11.9. The first-order chi connectivity index (χ1) is 9.06. The lowest BCUT2D eigenvalue weighted by molar-refractivity contribution is 0.218. The number of hydrazine groups is 1. The van der Waals surface area contributed by atoms with E-state index >= 15 is 0 Å². The summed E-state index contributed by atoms with van der Waals surface area (Å²) in [5.74, 6) is 5.78. The van der Waals surface area contributed by atoms with Gasteiger partial charge >= 0.3 is 12.0 Å². The Labute approximate surface area is 109 Å². The normalized spacial score (nSPS) is 10.6. The van der Waals surface area contributed by atoms with Crippen LogP contribution in [-0.2, 0) is 0 Å². The zero-order valence-corrected chi connectivity index (χ0v) is 10.8. The molecule has 0 fully saturated rings. The van der Waals surface area contributed by atoms with Gasteiger partial charge in [0.25, 0.3) is 0 Å². The van der Waals surface area contributed by atoms with E-state index in [2.05, 4.69) is 30.6 Å². The van der Waals surface area contributed by atoms with Crippen LogP contribution >= 0.6 is 0 Å². The number of ether oxygens (including phenoxy) is 2. The van der Waals surface area contributed by atoms with E-state index in [0.717, 1.165) is 5.69 Å². The number of nitrogens with two attached hydrogens (primary N) is 1. The fourth-order valence-electron chi connectivity index (χ4n) is 1.25. The largest absolute Gasteiger partial charge is 0.461 e. The molecule has 2 heterocycles. The predicted molar refractivity (Wildman–Crippen MR) is 66.8 cm³/mol. The number of nitrogens with one attached hydrogen (secondary N) is 2. The molecular formula is C10H15N7O2. The summed E-state index contributed by atoms with van der Waals surface area (Å²) in [5, 5.41) is 6.66. The van der Waals surface area contributed by atoms with Crippen LogP contribution in [0, 0.1) is 6.92 Å². The number of aromatic nitrogens is 5. The van der Waals surface area contributed by atoms with E-state index in [-0.39, 0.29) is 24.1 Å². The number of hydrogen-bond donors (Lipinski definition) is 3. The van der Waals surface area contributed by atoms with Crippen LogP contribution in [0.15, 0.2) is 6.07 Å². The molecule has 19 heavy (non-hydrogen) atoms. The number of anilines is 1. The third-order valence-electron chi connectivity index (χ3n) is 1.94. The summed E-state index contributed by atoms with van der Waals surface area (Å²) in [6.07, 6.45) is -0.0755. The summed E-state index contributed by atoms with van der Waals surface area (Å²) in [6, 6.07) is 1.88. The molecule has 0 unspecified atom stereocenters. The molecule has 9 nitrogen and oxygen atoms in total. The lowest BCUT2D eigenvalue weighted by Gasteiger charge is -2.09. The highest BCUT2D eigenvalue weighted by Crippen LogP contribution is 2.19. The highest BCUT2D eigenvalue weighted by molar-refractivity contribution is 5.27. The van der Waals surface area contributed by atoms with Crippen molar-refractivity contribution in [2.75, 3.05) is 5.43 Å². The molecule has 0 bridgehead atoms. The Morgan fingerprint density at radius 1 is 1.26 bits per heavy atom. The molecule has 4 N–H and O–H groups in total. The van der Waals surface area contributed by atoms with Gasteiger partial charge in [0, 0.05) is 11.8 Å². The number of hydrogen-bond acceptors (Lipinski definition) is 8. The van der Waals surface area contributed by atoms with Gasteiger partial charge in [0.1, 0.15) is 0 Å². The van der Waals surface area contributed by atoms with E-state index in [9.17, 15) is 0 Å². The van der Waals surface area contributed by atoms with Gasteiger partial charge in [-0.1, -0.05) is 0 Å². The standard InChI is InChI=1S/C10H15N7O2/c1-5(2)18-9-12-8(15-11)13-10(14-9)19-7-4-6(3)16-17-7/h4-5H,11H2,1-3H3,(H,16,17)(H,12,13,14,15). The SMILES string of the molecule is Cc1cc(Oc2nc(NN)nc(OC(C)C)n2)n[nH]1. The van der Waals surface area contributed by atoms with Crippen LogP contribution < -0.4 is 20.7 Å². The molecule has 2 rings (SSSR count). The maximum Gasteiger partial charge on any atom is 0.331 e. The van der Waals surface area contributed by atoms with Crippen molar-refractivity contribution in [1.82, 2.24) is 25.1 Å². The van der Waals surface area contributed by atoms with Gasteiger partial charge < -0.3 is 9.47 Å². The van der Waals surface area contributed by atoms with Gasteiger partial charge in [-0.15, -0.1) is 10.1 Å². The molecule has 0 radical (unpaired) electrons. The summed E-state index contributed by atoms with van der Waals surface area (Å²) in [5.41, 5.74) is 3.18. The Morgan fingerprint density at radius 2 is 2.00 bits per heavy atom. The second-order valence-electron chi connectivity index (χ2n) is 4.03. The van der Waals surface area contributed by atoms with Crippen molar-refractivity contribution in [3.05, 3.63) is 11.8 Å². The van der Waals surface area contributed by atoms with Crippen molar-refractivity contribution >= 4 is 5.95 Å². The molecule has 0 amide bonds. The molecule has 0 spiro atoms. The number of aromatic amines is 1. The van der Waals surface area contributed by atoms with Crippen molar-refractivity contribution in [2.45, 2.75) is 26.9 Å². The molecule has 0 aromatic carbocycles. The van der Waals surface area contributed by atoms with Crippen LogP contribution in [0.2, 0.25) is 0 Å². The molecule has 0 saturated heterocycles. The summed E-state index contributed by atoms with van der Waals surface area (Å²) in [7, 11) is 0. The first-order valence-corrected chi connectivity index (χ1v) is 5.66. The third kappa shape index (κ3) is 3.52. The minimum Gasteiger partial charge on any atom is -0.461 e. The number of aryl methyl sites for hydroxylation is 1. The van der Waals surface area contributed by atoms with Crippen LogP contribution in [-0.4, -0.2) is 31.3 Å². The molecule has 9 heteroatoms. The third-order valence-corrected chi connectivity index (χ3v) is 1.94. The molecule has 0 saturated carbocycles. The second kappa shape index (κ2) is 5.48. The highest BCUT2D eigenvalue weighted by Gasteiger charge is 2.11. The van der Waals surface area contributed by atoms with E-state index in [4.69, 9.17) is 15.3 Å². The summed E-state index contributed by atoms with van der Waals surface area (Å²) < 4.78 is 10.8. The Hall–Kier alpha value is -2.42. The smallest absolute Gasteiger partial charge is 0.331 e. The van der Waals surface area contributed by atoms with E-state index in [0.29, 0.717) is 5.88 Å². The van der Waals surface area contributed by atoms with E-state index in [1.54, 1.807) is 6.07 Å². The van der Waals surface area contributed by atoms with Gasteiger partial charge in [-0.2, -0.15) is 9.97 Å². The second-order valence-corrected chi connectivity index (χ2v) is 4.03. The number of H-pyrrole nitrogens is 1. The Kier molecular flexibility index (Phi) is 3.76. The maximum absolute atomic E-state index is 5.38. The van der Waals surface area contributed by atoms with Crippen molar-refractivity contribution in [1.29, 1.82) is 0 Å². The number of rotatable bonds is 5. The molecule has 2 aromatic heterocycles. The fourth-order valence-corrected chi connectivity index (χ4v) is 1.25. The molecular weight excluding hydrogens is 250 g/mol. The van der Waals surface area contributed by atoms with Crippen LogP contribution in [0.3, 0.4) is 0 Å². The average Bonchev–Trinajstić information content (AvgIpc) is 2.73. The molecule has 0 atom stereocenters. The van der Waals surface area contributed by atoms with Gasteiger partial charge in [0.2, 0.25) is 11.8 Å². The Bertz CT molecular complexity index is 555. The molecule has 2 aromatic rings. The summed E-state index contributed by atoms with van der Waals surface area (Å²) >= 11 is 0. The van der Waals surface area contributed by atoms with Crippen molar-refractivity contribution in [2.24, 2.45) is 5.84 Å². The van der Waals surface area contributed by atoms with Crippen LogP contribution in [0.25, 0.3) is 0 Å². The molecule has 102 valence electrons. The number of nitrogen functional groups attached to an aromatic ring is 1. The number of nitrogens with zero attached hydrogens (tertiary/aromatic N) is 4. The van der Waals surface area contributed by atoms with Gasteiger partial charge in [0.15, 0.2) is 0 Å². The lowest BCUT2D eigenvalue weighted by atomic mass is 10.5. The van der Waals surface area contributed by atoms with Gasteiger partial charge in [-0.3, -0.25) is 10.5 Å². The minimum atomic E-state index is -0.0755. The van der Waals surface area contributed by atoms with Crippen LogP contribution in [0.5, 0.6) is 17.9 Å². The van der Waals surface area contributed by atoms with E-state index in [1.165, 1.54) is 0 Å². The van der Waals surface area contributed by atoms with E-state index < -0.39 is 0 Å². The molecule has 0 aliphatic carbocycles. The van der Waals surface area contributed by atoms with Crippen molar-refractivity contribution in [3.8, 4) is 17.9 Å². The monoisotopic (exact) mass is 265 g/mol. The van der Waals surface area contributed by atoms with Crippen LogP contribution in [0.4, 0.5) is 5.95 Å². The Morgan fingerprint density at radius 3 is 2.58 bits per heavy atom. The zero-order valence-electron chi connectivity index (χ0n) is 10.8. The van der Waals surface area contributed by atoms with Crippen molar-refractivity contribution < 1.29 is 9.47 Å².